The lowest BCUT2D eigenvalue weighted by atomic mass is 10.0. The molecular formula is C33H27ClN2O3S2. The Morgan fingerprint density at radius 2 is 1.54 bits per heavy atom. The van der Waals surface area contributed by atoms with Crippen LogP contribution in [0.5, 0.6) is 0 Å². The van der Waals surface area contributed by atoms with E-state index in [9.17, 15) is 13.2 Å². The molecule has 5 aromatic rings. The standard InChI is InChI=1S/C33H27ClN2O3S2/c34-26-15-11-24(12-16-26)31-21-35(32-28-9-4-3-7-23(28)14-18-30(32)40-31)33(37)29-10-5-19-36(29)41(38,39)27-17-13-22-6-1-2-8-25(22)20-27/h1-4,6-9,11-18,20,29,31H,5,10,19,21H2. The SMILES string of the molecule is O=C(C1CCCN1S(=O)(=O)c1ccc2ccccc2c1)N1CC(c2ccc(Cl)cc2)Sc2ccc3ccccc3c21. The molecule has 5 nitrogen and oxygen atoms in total. The Balaban J connectivity index is 1.29. The molecule has 0 N–H and O–H groups in total. The maximum absolute atomic E-state index is 14.5. The monoisotopic (exact) mass is 598 g/mol. The highest BCUT2D eigenvalue weighted by atomic mass is 35.5. The van der Waals surface area contributed by atoms with Gasteiger partial charge in [-0.3, -0.25) is 4.79 Å². The number of fused-ring (bicyclic) bond motifs is 4. The Kier molecular flexibility index (Phi) is 6.78. The second-order valence-corrected chi connectivity index (χ2v) is 14.1. The van der Waals surface area contributed by atoms with Crippen LogP contribution in [0.4, 0.5) is 5.69 Å². The first kappa shape index (κ1) is 26.5. The third-order valence-corrected chi connectivity index (χ3v) is 11.5. The van der Waals surface area contributed by atoms with Gasteiger partial charge in [-0.05, 0) is 64.9 Å². The van der Waals surface area contributed by atoms with Gasteiger partial charge in [-0.2, -0.15) is 4.31 Å². The van der Waals surface area contributed by atoms with Gasteiger partial charge in [-0.25, -0.2) is 8.42 Å². The number of sulfonamides is 1. The van der Waals surface area contributed by atoms with Crippen molar-refractivity contribution in [3.63, 3.8) is 0 Å². The average Bonchev–Trinajstić information content (AvgIpc) is 3.51. The molecule has 1 amide bonds. The number of hydrogen-bond acceptors (Lipinski definition) is 4. The maximum atomic E-state index is 14.5. The topological polar surface area (TPSA) is 57.7 Å². The number of carbonyl (C=O) groups excluding carboxylic acids is 1. The minimum Gasteiger partial charge on any atom is -0.308 e. The van der Waals surface area contributed by atoms with E-state index in [-0.39, 0.29) is 16.1 Å². The number of benzene rings is 5. The number of amides is 1. The van der Waals surface area contributed by atoms with Crippen LogP contribution in [0.2, 0.25) is 5.02 Å². The van der Waals surface area contributed by atoms with E-state index < -0.39 is 16.1 Å². The van der Waals surface area contributed by atoms with Crippen molar-refractivity contribution in [1.29, 1.82) is 0 Å². The fraction of sp³-hybridized carbons (Fsp3) is 0.182. The molecule has 1 fully saturated rings. The Labute approximate surface area is 248 Å². The zero-order valence-electron chi connectivity index (χ0n) is 22.1. The molecule has 0 radical (unpaired) electrons. The van der Waals surface area contributed by atoms with Crippen molar-refractivity contribution in [3.05, 3.63) is 114 Å². The van der Waals surface area contributed by atoms with Gasteiger partial charge >= 0.3 is 0 Å². The van der Waals surface area contributed by atoms with Crippen molar-refractivity contribution in [3.8, 4) is 0 Å². The van der Waals surface area contributed by atoms with E-state index in [1.807, 2.05) is 83.8 Å². The number of thioether (sulfide) groups is 1. The summed E-state index contributed by atoms with van der Waals surface area (Å²) < 4.78 is 29.4. The van der Waals surface area contributed by atoms with Crippen LogP contribution in [0.15, 0.2) is 113 Å². The number of rotatable bonds is 4. The third kappa shape index (κ3) is 4.71. The fourth-order valence-electron chi connectivity index (χ4n) is 6.03. The molecule has 1 saturated heterocycles. The van der Waals surface area contributed by atoms with Crippen molar-refractivity contribution in [2.45, 2.75) is 33.9 Å². The summed E-state index contributed by atoms with van der Waals surface area (Å²) in [5, 5.41) is 4.51. The van der Waals surface area contributed by atoms with E-state index >= 15 is 0 Å². The smallest absolute Gasteiger partial charge is 0.245 e. The number of hydrogen-bond donors (Lipinski definition) is 0. The highest BCUT2D eigenvalue weighted by Gasteiger charge is 2.43. The molecule has 0 spiro atoms. The number of nitrogens with zero attached hydrogens (tertiary/aromatic N) is 2. The highest BCUT2D eigenvalue weighted by Crippen LogP contribution is 2.49. The minimum atomic E-state index is -3.89. The lowest BCUT2D eigenvalue weighted by Crippen LogP contribution is -2.49. The predicted molar refractivity (Wildman–Crippen MR) is 167 cm³/mol. The minimum absolute atomic E-state index is 0.0168. The zero-order valence-corrected chi connectivity index (χ0v) is 24.5. The van der Waals surface area contributed by atoms with Crippen molar-refractivity contribution in [1.82, 2.24) is 4.31 Å². The summed E-state index contributed by atoms with van der Waals surface area (Å²) in [5.74, 6) is -0.177. The molecule has 2 aliphatic rings. The van der Waals surface area contributed by atoms with Gasteiger partial charge in [-0.15, -0.1) is 11.8 Å². The summed E-state index contributed by atoms with van der Waals surface area (Å²) in [5.41, 5.74) is 1.93. The van der Waals surface area contributed by atoms with Gasteiger partial charge in [0.25, 0.3) is 0 Å². The molecule has 0 aromatic heterocycles. The quantitative estimate of drug-likeness (QED) is 0.213. The second kappa shape index (κ2) is 10.5. The molecular weight excluding hydrogens is 572 g/mol. The Hall–Kier alpha value is -3.36. The molecule has 0 aliphatic carbocycles. The summed E-state index contributed by atoms with van der Waals surface area (Å²) in [7, 11) is -3.89. The van der Waals surface area contributed by atoms with E-state index in [0.29, 0.717) is 31.0 Å². The molecule has 0 saturated carbocycles. The molecule has 2 heterocycles. The lowest BCUT2D eigenvalue weighted by molar-refractivity contribution is -0.121. The van der Waals surface area contributed by atoms with Crippen LogP contribution in [-0.2, 0) is 14.8 Å². The van der Waals surface area contributed by atoms with Crippen LogP contribution >= 0.6 is 23.4 Å². The Bertz CT molecular complexity index is 1910. The summed E-state index contributed by atoms with van der Waals surface area (Å²) in [4.78, 5) is 17.6. The number of anilines is 1. The van der Waals surface area contributed by atoms with E-state index in [0.717, 1.165) is 37.7 Å². The molecule has 41 heavy (non-hydrogen) atoms. The van der Waals surface area contributed by atoms with Crippen molar-refractivity contribution in [2.75, 3.05) is 18.0 Å². The number of halogens is 1. The second-order valence-electron chi connectivity index (χ2n) is 10.5. The van der Waals surface area contributed by atoms with Crippen LogP contribution in [-0.4, -0.2) is 37.8 Å². The molecule has 8 heteroatoms. The molecule has 5 aromatic carbocycles. The molecule has 2 aliphatic heterocycles. The zero-order chi connectivity index (χ0) is 28.1. The summed E-state index contributed by atoms with van der Waals surface area (Å²) in [6, 6.07) is 32.1. The fourth-order valence-corrected chi connectivity index (χ4v) is 9.14. The molecule has 7 rings (SSSR count). The van der Waals surface area contributed by atoms with Crippen molar-refractivity contribution in [2.24, 2.45) is 0 Å². The Morgan fingerprint density at radius 3 is 2.34 bits per heavy atom. The van der Waals surface area contributed by atoms with Crippen LogP contribution in [0, 0.1) is 0 Å². The molecule has 2 unspecified atom stereocenters. The van der Waals surface area contributed by atoms with Crippen LogP contribution < -0.4 is 4.90 Å². The Morgan fingerprint density at radius 1 is 0.829 bits per heavy atom. The summed E-state index contributed by atoms with van der Waals surface area (Å²) in [6.45, 7) is 0.754. The first-order valence-electron chi connectivity index (χ1n) is 13.7. The van der Waals surface area contributed by atoms with Gasteiger partial charge in [0.2, 0.25) is 15.9 Å². The molecule has 206 valence electrons. The third-order valence-electron chi connectivity index (χ3n) is 8.08. The highest BCUT2D eigenvalue weighted by molar-refractivity contribution is 7.99. The first-order valence-corrected chi connectivity index (χ1v) is 16.4. The molecule has 0 bridgehead atoms. The van der Waals surface area contributed by atoms with E-state index in [2.05, 4.69) is 12.1 Å². The van der Waals surface area contributed by atoms with Gasteiger partial charge in [0, 0.05) is 28.4 Å². The predicted octanol–water partition coefficient (Wildman–Crippen LogP) is 7.68. The first-order chi connectivity index (χ1) is 19.9. The van der Waals surface area contributed by atoms with Gasteiger partial charge in [0.05, 0.1) is 15.8 Å². The summed E-state index contributed by atoms with van der Waals surface area (Å²) in [6.07, 6.45) is 1.12. The van der Waals surface area contributed by atoms with Gasteiger partial charge < -0.3 is 4.90 Å². The number of carbonyl (C=O) groups is 1. The van der Waals surface area contributed by atoms with Crippen molar-refractivity contribution >= 4 is 66.5 Å². The molecule has 2 atom stereocenters. The maximum Gasteiger partial charge on any atom is 0.245 e. The van der Waals surface area contributed by atoms with Gasteiger partial charge in [-0.1, -0.05) is 84.4 Å². The van der Waals surface area contributed by atoms with Gasteiger partial charge in [0.15, 0.2) is 0 Å². The van der Waals surface area contributed by atoms with Gasteiger partial charge in [0.1, 0.15) is 6.04 Å². The average molecular weight is 599 g/mol. The van der Waals surface area contributed by atoms with Crippen LogP contribution in [0.25, 0.3) is 21.5 Å². The van der Waals surface area contributed by atoms with E-state index in [1.165, 1.54) is 4.31 Å². The van der Waals surface area contributed by atoms with E-state index in [4.69, 9.17) is 11.6 Å². The lowest BCUT2D eigenvalue weighted by Gasteiger charge is -2.38. The van der Waals surface area contributed by atoms with Crippen LogP contribution in [0.1, 0.15) is 23.7 Å². The largest absolute Gasteiger partial charge is 0.308 e. The van der Waals surface area contributed by atoms with Crippen LogP contribution in [0.3, 0.4) is 0 Å². The normalized spacial score (nSPS) is 19.5. The van der Waals surface area contributed by atoms with Crippen molar-refractivity contribution < 1.29 is 13.2 Å². The summed E-state index contributed by atoms with van der Waals surface area (Å²) >= 11 is 7.90. The van der Waals surface area contributed by atoms with E-state index in [1.54, 1.807) is 23.9 Å².